The number of para-hydroxylation sites is 1. The van der Waals surface area contributed by atoms with Gasteiger partial charge in [-0.25, -0.2) is 0 Å². The fraction of sp³-hybridized carbons (Fsp3) is 0.167. The molecule has 1 aromatic heterocycles. The first-order chi connectivity index (χ1) is 12.6. The lowest BCUT2D eigenvalue weighted by molar-refractivity contribution is -0.119. The number of thiazole rings is 1. The van der Waals surface area contributed by atoms with Crippen LogP contribution in [0.3, 0.4) is 0 Å². The Kier molecular flexibility index (Phi) is 5.33. The number of primary amides is 1. The summed E-state index contributed by atoms with van der Waals surface area (Å²) in [7, 11) is 3.48. The van der Waals surface area contributed by atoms with Crippen molar-refractivity contribution in [2.24, 2.45) is 23.0 Å². The van der Waals surface area contributed by atoms with Gasteiger partial charge in [-0.1, -0.05) is 23.5 Å². The summed E-state index contributed by atoms with van der Waals surface area (Å²) in [5, 5.41) is 8.46. The van der Waals surface area contributed by atoms with E-state index in [2.05, 4.69) is 16.3 Å². The van der Waals surface area contributed by atoms with Crippen LogP contribution in [0.4, 0.5) is 0 Å². The summed E-state index contributed by atoms with van der Waals surface area (Å²) in [5.74, 6) is 0.381. The average molecular weight is 370 g/mol. The number of hydrogen-bond donors (Lipinski definition) is 1. The highest BCUT2D eigenvalue weighted by Crippen LogP contribution is 2.27. The van der Waals surface area contributed by atoms with Crippen LogP contribution in [0, 0.1) is 0 Å². The van der Waals surface area contributed by atoms with Crippen LogP contribution in [0.2, 0.25) is 0 Å². The quantitative estimate of drug-likeness (QED) is 0.532. The van der Waals surface area contributed by atoms with E-state index < -0.39 is 5.91 Å². The molecule has 3 rings (SSSR count). The van der Waals surface area contributed by atoms with Crippen LogP contribution in [-0.4, -0.2) is 30.4 Å². The van der Waals surface area contributed by atoms with E-state index >= 15 is 0 Å². The smallest absolute Gasteiger partial charge is 0.255 e. The second kappa shape index (κ2) is 7.83. The number of carbonyl (C=O) groups is 1. The number of fused-ring (bicyclic) bond motifs is 1. The zero-order valence-electron chi connectivity index (χ0n) is 14.4. The molecule has 0 radical (unpaired) electrons. The Bertz CT molecular complexity index is 1040. The first-order valence-corrected chi connectivity index (χ1v) is 8.61. The van der Waals surface area contributed by atoms with E-state index in [0.717, 1.165) is 20.6 Å². The number of benzene rings is 2. The van der Waals surface area contributed by atoms with E-state index in [1.54, 1.807) is 35.8 Å². The topological polar surface area (TPSA) is 91.2 Å². The van der Waals surface area contributed by atoms with Gasteiger partial charge in [-0.2, -0.15) is 5.10 Å². The zero-order valence-corrected chi connectivity index (χ0v) is 15.2. The molecule has 134 valence electrons. The van der Waals surface area contributed by atoms with E-state index in [-0.39, 0.29) is 6.61 Å². The number of carbonyl (C=O) groups excluding carboxylic acids is 1. The van der Waals surface area contributed by atoms with Crippen LogP contribution >= 0.6 is 11.3 Å². The number of aromatic nitrogens is 1. The van der Waals surface area contributed by atoms with Gasteiger partial charge in [0.1, 0.15) is 0 Å². The fourth-order valence-electron chi connectivity index (χ4n) is 2.36. The maximum Gasteiger partial charge on any atom is 0.255 e. The highest BCUT2D eigenvalue weighted by atomic mass is 32.1. The Morgan fingerprint density at radius 3 is 2.81 bits per heavy atom. The first kappa shape index (κ1) is 17.7. The molecule has 1 amide bonds. The van der Waals surface area contributed by atoms with Gasteiger partial charge in [-0.15, -0.1) is 5.10 Å². The van der Waals surface area contributed by atoms with E-state index in [1.807, 2.05) is 29.8 Å². The molecule has 0 spiro atoms. The Morgan fingerprint density at radius 2 is 2.08 bits per heavy atom. The Morgan fingerprint density at radius 1 is 1.27 bits per heavy atom. The summed E-state index contributed by atoms with van der Waals surface area (Å²) in [6, 6.07) is 13.3. The predicted molar refractivity (Wildman–Crippen MR) is 102 cm³/mol. The minimum Gasteiger partial charge on any atom is -0.493 e. The van der Waals surface area contributed by atoms with Crippen molar-refractivity contribution in [1.82, 2.24) is 4.57 Å². The number of nitrogens with two attached hydrogens (primary N) is 1. The molecule has 7 nitrogen and oxygen atoms in total. The molecular weight excluding hydrogens is 352 g/mol. The third kappa shape index (κ3) is 3.92. The third-order valence-corrected chi connectivity index (χ3v) is 4.73. The standard InChI is InChI=1S/C18H18N4O3S/c1-22-13-5-3-4-6-16(13)26-18(22)21-20-10-12-7-8-14(15(9-12)24-2)25-11-17(19)23/h3-10H,11H2,1-2H3,(H2,19,23)/b20-10+,21-18+. The highest BCUT2D eigenvalue weighted by Gasteiger charge is 2.06. The lowest BCUT2D eigenvalue weighted by atomic mass is 10.2. The van der Waals surface area contributed by atoms with Gasteiger partial charge in [0.25, 0.3) is 5.91 Å². The van der Waals surface area contributed by atoms with E-state index in [1.165, 1.54) is 7.11 Å². The molecule has 2 N–H and O–H groups in total. The normalized spacial score (nSPS) is 12.0. The molecule has 0 saturated heterocycles. The van der Waals surface area contributed by atoms with Crippen LogP contribution in [-0.2, 0) is 11.8 Å². The number of amides is 1. The van der Waals surface area contributed by atoms with Gasteiger partial charge < -0.3 is 19.8 Å². The van der Waals surface area contributed by atoms with Crippen molar-refractivity contribution in [3.8, 4) is 11.5 Å². The molecule has 0 bridgehead atoms. The van der Waals surface area contributed by atoms with Crippen molar-refractivity contribution in [1.29, 1.82) is 0 Å². The van der Waals surface area contributed by atoms with Gasteiger partial charge in [-0.05, 0) is 35.9 Å². The third-order valence-electron chi connectivity index (χ3n) is 3.62. The summed E-state index contributed by atoms with van der Waals surface area (Å²) >= 11 is 1.57. The molecule has 26 heavy (non-hydrogen) atoms. The van der Waals surface area contributed by atoms with Crippen molar-refractivity contribution in [3.05, 3.63) is 52.8 Å². The summed E-state index contributed by atoms with van der Waals surface area (Å²) in [6.45, 7) is -0.207. The van der Waals surface area contributed by atoms with E-state index in [4.69, 9.17) is 15.2 Å². The maximum absolute atomic E-state index is 10.8. The zero-order chi connectivity index (χ0) is 18.5. The van der Waals surface area contributed by atoms with E-state index in [0.29, 0.717) is 11.5 Å². The van der Waals surface area contributed by atoms with Gasteiger partial charge in [0, 0.05) is 7.05 Å². The molecule has 8 heteroatoms. The Labute approximate surface area is 154 Å². The summed E-state index contributed by atoms with van der Waals surface area (Å²) in [6.07, 6.45) is 1.63. The SMILES string of the molecule is COc1cc(/C=N/N=c2/sc3ccccc3n2C)ccc1OCC(N)=O. The first-order valence-electron chi connectivity index (χ1n) is 7.79. The lowest BCUT2D eigenvalue weighted by Crippen LogP contribution is -2.20. The number of methoxy groups -OCH3 is 1. The van der Waals surface area contributed by atoms with Crippen molar-refractivity contribution in [3.63, 3.8) is 0 Å². The summed E-state index contributed by atoms with van der Waals surface area (Å²) in [5.41, 5.74) is 6.99. The highest BCUT2D eigenvalue weighted by molar-refractivity contribution is 7.16. The maximum atomic E-state index is 10.8. The Balaban J connectivity index is 1.83. The molecular formula is C18H18N4O3S. The molecule has 0 atom stereocenters. The lowest BCUT2D eigenvalue weighted by Gasteiger charge is -2.09. The van der Waals surface area contributed by atoms with Crippen LogP contribution < -0.4 is 20.0 Å². The van der Waals surface area contributed by atoms with Crippen LogP contribution in [0.15, 0.2) is 52.7 Å². The van der Waals surface area contributed by atoms with E-state index in [9.17, 15) is 4.79 Å². The molecule has 1 heterocycles. The van der Waals surface area contributed by atoms with Crippen LogP contribution in [0.25, 0.3) is 10.2 Å². The fourth-order valence-corrected chi connectivity index (χ4v) is 3.33. The molecule has 0 unspecified atom stereocenters. The summed E-state index contributed by atoms with van der Waals surface area (Å²) < 4.78 is 13.7. The minimum atomic E-state index is -0.548. The second-order valence-corrected chi connectivity index (χ2v) is 6.43. The molecule has 0 aliphatic heterocycles. The van der Waals surface area contributed by atoms with Crippen molar-refractivity contribution >= 4 is 33.7 Å². The Hall–Kier alpha value is -3.13. The number of aryl methyl sites for hydroxylation is 1. The predicted octanol–water partition coefficient (Wildman–Crippen LogP) is 2.05. The van der Waals surface area contributed by atoms with Gasteiger partial charge in [0.15, 0.2) is 18.1 Å². The summed E-state index contributed by atoms with van der Waals surface area (Å²) in [4.78, 5) is 11.6. The average Bonchev–Trinajstić information content (AvgIpc) is 2.96. The van der Waals surface area contributed by atoms with Gasteiger partial charge in [-0.3, -0.25) is 4.79 Å². The number of hydrogen-bond acceptors (Lipinski definition) is 6. The molecule has 0 aliphatic carbocycles. The number of nitrogens with zero attached hydrogens (tertiary/aromatic N) is 3. The van der Waals surface area contributed by atoms with Crippen LogP contribution in [0.1, 0.15) is 5.56 Å². The largest absolute Gasteiger partial charge is 0.493 e. The van der Waals surface area contributed by atoms with Gasteiger partial charge >= 0.3 is 0 Å². The molecule has 3 aromatic rings. The van der Waals surface area contributed by atoms with Crippen molar-refractivity contribution < 1.29 is 14.3 Å². The second-order valence-electron chi connectivity index (χ2n) is 5.42. The minimum absolute atomic E-state index is 0.207. The van der Waals surface area contributed by atoms with Crippen LogP contribution in [0.5, 0.6) is 11.5 Å². The number of ether oxygens (including phenoxy) is 2. The molecule has 0 aliphatic rings. The monoisotopic (exact) mass is 370 g/mol. The molecule has 0 saturated carbocycles. The molecule has 2 aromatic carbocycles. The molecule has 0 fully saturated rings. The number of rotatable bonds is 6. The van der Waals surface area contributed by atoms with Crippen molar-refractivity contribution in [2.45, 2.75) is 0 Å². The van der Waals surface area contributed by atoms with Gasteiger partial charge in [0.2, 0.25) is 4.80 Å². The van der Waals surface area contributed by atoms with Gasteiger partial charge in [0.05, 0.1) is 23.5 Å². The van der Waals surface area contributed by atoms with Crippen molar-refractivity contribution in [2.75, 3.05) is 13.7 Å².